The number of methoxy groups -OCH3 is 1. The Morgan fingerprint density at radius 2 is 2.42 bits per heavy atom. The molecule has 12 heavy (non-hydrogen) atoms. The van der Waals surface area contributed by atoms with E-state index < -0.39 is 0 Å². The van der Waals surface area contributed by atoms with E-state index in [4.69, 9.17) is 0 Å². The highest BCUT2D eigenvalue weighted by Crippen LogP contribution is 2.20. The van der Waals surface area contributed by atoms with Crippen LogP contribution in [0.2, 0.25) is 0 Å². The van der Waals surface area contributed by atoms with E-state index in [0.717, 1.165) is 5.75 Å². The van der Waals surface area contributed by atoms with Crippen LogP contribution in [0.25, 0.3) is 0 Å². The molecule has 0 radical (unpaired) electrons. The molecule has 1 aromatic heterocycles. The molecule has 0 fully saturated rings. The zero-order chi connectivity index (χ0) is 8.97. The van der Waals surface area contributed by atoms with Gasteiger partial charge in [-0.05, 0) is 18.4 Å². The van der Waals surface area contributed by atoms with E-state index in [0.29, 0.717) is 4.88 Å². The van der Waals surface area contributed by atoms with Crippen molar-refractivity contribution in [3.8, 4) is 0 Å². The predicted molar refractivity (Wildman–Crippen MR) is 52.9 cm³/mol. The van der Waals surface area contributed by atoms with Crippen molar-refractivity contribution in [1.82, 2.24) is 0 Å². The van der Waals surface area contributed by atoms with E-state index in [1.54, 1.807) is 11.8 Å². The fourth-order valence-corrected chi connectivity index (χ4v) is 2.50. The molecule has 1 heterocycles. The standard InChI is InChI=1S/C8H10O2S2/c1-10-8(9)7-4-3-6(12-7)5-11-2/h3-4H,5H2,1-2H3. The number of rotatable bonds is 3. The minimum atomic E-state index is -0.243. The van der Waals surface area contributed by atoms with Gasteiger partial charge >= 0.3 is 5.97 Å². The average molecular weight is 202 g/mol. The summed E-state index contributed by atoms with van der Waals surface area (Å²) in [6.07, 6.45) is 2.04. The average Bonchev–Trinajstić information content (AvgIpc) is 2.52. The summed E-state index contributed by atoms with van der Waals surface area (Å²) in [6.45, 7) is 0. The van der Waals surface area contributed by atoms with Gasteiger partial charge in [-0.1, -0.05) is 0 Å². The predicted octanol–water partition coefficient (Wildman–Crippen LogP) is 2.40. The SMILES string of the molecule is COC(=O)c1ccc(CSC)s1. The van der Waals surface area contributed by atoms with Crippen LogP contribution in [0, 0.1) is 0 Å². The molecule has 0 unspecified atom stereocenters. The number of thiophene rings is 1. The van der Waals surface area contributed by atoms with Crippen LogP contribution in [-0.4, -0.2) is 19.3 Å². The molecule has 0 spiro atoms. The van der Waals surface area contributed by atoms with Gasteiger partial charge in [0.15, 0.2) is 0 Å². The molecule has 0 amide bonds. The maximum absolute atomic E-state index is 11.0. The molecule has 0 saturated carbocycles. The molecule has 66 valence electrons. The van der Waals surface area contributed by atoms with Gasteiger partial charge < -0.3 is 4.74 Å². The van der Waals surface area contributed by atoms with Gasteiger partial charge in [0.05, 0.1) is 7.11 Å². The lowest BCUT2D eigenvalue weighted by atomic mass is 10.4. The van der Waals surface area contributed by atoms with Crippen molar-refractivity contribution in [3.05, 3.63) is 21.9 Å². The smallest absolute Gasteiger partial charge is 0.348 e. The summed E-state index contributed by atoms with van der Waals surface area (Å²) in [5.41, 5.74) is 0. The Kier molecular flexibility index (Phi) is 3.62. The summed E-state index contributed by atoms with van der Waals surface area (Å²) in [5, 5.41) is 0. The van der Waals surface area contributed by atoms with Gasteiger partial charge in [0, 0.05) is 10.6 Å². The maximum atomic E-state index is 11.0. The van der Waals surface area contributed by atoms with Crippen LogP contribution < -0.4 is 0 Å². The molecular weight excluding hydrogens is 192 g/mol. The van der Waals surface area contributed by atoms with Crippen LogP contribution >= 0.6 is 23.1 Å². The van der Waals surface area contributed by atoms with Crippen molar-refractivity contribution >= 4 is 29.1 Å². The fourth-order valence-electron chi connectivity index (χ4n) is 0.808. The van der Waals surface area contributed by atoms with Gasteiger partial charge in [0.1, 0.15) is 4.88 Å². The highest BCUT2D eigenvalue weighted by atomic mass is 32.2. The normalized spacial score (nSPS) is 9.83. The van der Waals surface area contributed by atoms with Crippen molar-refractivity contribution < 1.29 is 9.53 Å². The molecule has 2 nitrogen and oxygen atoms in total. The fraction of sp³-hybridized carbons (Fsp3) is 0.375. The zero-order valence-corrected chi connectivity index (χ0v) is 8.63. The molecule has 0 aromatic carbocycles. The van der Waals surface area contributed by atoms with E-state index in [2.05, 4.69) is 4.74 Å². The summed E-state index contributed by atoms with van der Waals surface area (Å²) < 4.78 is 4.59. The van der Waals surface area contributed by atoms with Gasteiger partial charge in [-0.15, -0.1) is 11.3 Å². The third kappa shape index (κ3) is 2.25. The first-order valence-electron chi connectivity index (χ1n) is 3.44. The minimum absolute atomic E-state index is 0.243. The molecule has 1 rings (SSSR count). The summed E-state index contributed by atoms with van der Waals surface area (Å²) >= 11 is 3.24. The lowest BCUT2D eigenvalue weighted by Crippen LogP contribution is -1.96. The van der Waals surface area contributed by atoms with Crippen LogP contribution in [0.3, 0.4) is 0 Å². The quantitative estimate of drug-likeness (QED) is 0.704. The molecule has 0 atom stereocenters. The van der Waals surface area contributed by atoms with Gasteiger partial charge in [0.25, 0.3) is 0 Å². The summed E-state index contributed by atoms with van der Waals surface area (Å²) in [7, 11) is 1.40. The molecular formula is C8H10O2S2. The summed E-state index contributed by atoms with van der Waals surface area (Å²) in [5.74, 6) is 0.717. The Hall–Kier alpha value is -0.480. The second kappa shape index (κ2) is 4.52. The molecule has 1 aromatic rings. The summed E-state index contributed by atoms with van der Waals surface area (Å²) in [4.78, 5) is 12.9. The third-order valence-electron chi connectivity index (χ3n) is 1.33. The Morgan fingerprint density at radius 1 is 1.67 bits per heavy atom. The Balaban J connectivity index is 2.70. The van der Waals surface area contributed by atoms with Crippen LogP contribution in [-0.2, 0) is 10.5 Å². The second-order valence-corrected chi connectivity index (χ2v) is 4.22. The van der Waals surface area contributed by atoms with Crippen LogP contribution in [0.1, 0.15) is 14.5 Å². The molecule has 4 heteroatoms. The second-order valence-electron chi connectivity index (χ2n) is 2.19. The number of hydrogen-bond donors (Lipinski definition) is 0. The zero-order valence-electron chi connectivity index (χ0n) is 6.99. The van der Waals surface area contributed by atoms with Crippen molar-refractivity contribution in [2.75, 3.05) is 13.4 Å². The van der Waals surface area contributed by atoms with Gasteiger partial charge in [-0.3, -0.25) is 0 Å². The number of hydrogen-bond acceptors (Lipinski definition) is 4. The molecule has 0 saturated heterocycles. The van der Waals surface area contributed by atoms with E-state index >= 15 is 0 Å². The number of esters is 1. The van der Waals surface area contributed by atoms with Gasteiger partial charge in [-0.25, -0.2) is 4.79 Å². The third-order valence-corrected chi connectivity index (χ3v) is 3.18. The lowest BCUT2D eigenvalue weighted by molar-refractivity contribution is 0.0606. The number of carbonyl (C=O) groups is 1. The highest BCUT2D eigenvalue weighted by molar-refractivity contribution is 7.97. The van der Waals surface area contributed by atoms with Gasteiger partial charge in [-0.2, -0.15) is 11.8 Å². The topological polar surface area (TPSA) is 26.3 Å². The molecule has 0 aliphatic rings. The minimum Gasteiger partial charge on any atom is -0.465 e. The molecule has 0 aliphatic carbocycles. The molecule has 0 aliphatic heterocycles. The highest BCUT2D eigenvalue weighted by Gasteiger charge is 2.07. The van der Waals surface area contributed by atoms with Crippen LogP contribution in [0.4, 0.5) is 0 Å². The van der Waals surface area contributed by atoms with Crippen molar-refractivity contribution in [3.63, 3.8) is 0 Å². The summed E-state index contributed by atoms with van der Waals surface area (Å²) in [6, 6.07) is 3.77. The van der Waals surface area contributed by atoms with Crippen LogP contribution in [0.15, 0.2) is 12.1 Å². The van der Waals surface area contributed by atoms with Gasteiger partial charge in [0.2, 0.25) is 0 Å². The van der Waals surface area contributed by atoms with Crippen LogP contribution in [0.5, 0.6) is 0 Å². The molecule has 0 N–H and O–H groups in total. The number of carbonyl (C=O) groups excluding carboxylic acids is 1. The van der Waals surface area contributed by atoms with Crippen molar-refractivity contribution in [2.24, 2.45) is 0 Å². The first-order chi connectivity index (χ1) is 5.77. The monoisotopic (exact) mass is 202 g/mol. The maximum Gasteiger partial charge on any atom is 0.348 e. The molecule has 0 bridgehead atoms. The first kappa shape index (κ1) is 9.61. The van der Waals surface area contributed by atoms with E-state index in [9.17, 15) is 4.79 Å². The van der Waals surface area contributed by atoms with E-state index in [1.165, 1.54) is 23.3 Å². The largest absolute Gasteiger partial charge is 0.465 e. The Labute approximate surface area is 79.9 Å². The van der Waals surface area contributed by atoms with Crippen molar-refractivity contribution in [2.45, 2.75) is 5.75 Å². The Morgan fingerprint density at radius 3 is 3.00 bits per heavy atom. The lowest BCUT2D eigenvalue weighted by Gasteiger charge is -1.92. The first-order valence-corrected chi connectivity index (χ1v) is 5.65. The Bertz CT molecular complexity index is 268. The number of thioether (sulfide) groups is 1. The number of ether oxygens (including phenoxy) is 1. The van der Waals surface area contributed by atoms with Crippen molar-refractivity contribution in [1.29, 1.82) is 0 Å². The van der Waals surface area contributed by atoms with E-state index in [-0.39, 0.29) is 5.97 Å². The van der Waals surface area contributed by atoms with E-state index in [1.807, 2.05) is 18.4 Å².